The van der Waals surface area contributed by atoms with E-state index in [0.717, 1.165) is 31.3 Å². The lowest BCUT2D eigenvalue weighted by Gasteiger charge is -2.15. The van der Waals surface area contributed by atoms with Gasteiger partial charge in [-0.3, -0.25) is 0 Å². The van der Waals surface area contributed by atoms with Gasteiger partial charge in [-0.2, -0.15) is 3.89 Å². The molecule has 0 fully saturated rings. The average molecular weight is 226 g/mol. The van der Waals surface area contributed by atoms with Crippen molar-refractivity contribution in [2.45, 2.75) is 30.6 Å². The Hall–Kier alpha value is -0.830. The van der Waals surface area contributed by atoms with Crippen LogP contribution in [-0.4, -0.2) is 0 Å². The number of rotatable bonds is 2. The highest BCUT2D eigenvalue weighted by atomic mass is 32.2. The van der Waals surface area contributed by atoms with Crippen molar-refractivity contribution in [2.75, 3.05) is 0 Å². The van der Waals surface area contributed by atoms with E-state index in [4.69, 9.17) is 0 Å². The third-order valence-corrected chi connectivity index (χ3v) is 3.18. The van der Waals surface area contributed by atoms with Gasteiger partial charge >= 0.3 is 0 Å². The maximum Gasteiger partial charge on any atom is 0.131 e. The lowest BCUT2D eigenvalue weighted by atomic mass is 9.93. The largest absolute Gasteiger partial charge is 0.206 e. The molecule has 0 atom stereocenters. The van der Waals surface area contributed by atoms with Crippen molar-refractivity contribution in [2.24, 2.45) is 0 Å². The van der Waals surface area contributed by atoms with Crippen LogP contribution in [0.5, 0.6) is 0 Å². The first-order valence-corrected chi connectivity index (χ1v) is 5.81. The van der Waals surface area contributed by atoms with Gasteiger partial charge in [0.2, 0.25) is 0 Å². The fourth-order valence-electron chi connectivity index (χ4n) is 1.95. The maximum absolute atomic E-state index is 13.6. The summed E-state index contributed by atoms with van der Waals surface area (Å²) in [4.78, 5) is 0.392. The van der Waals surface area contributed by atoms with Gasteiger partial charge in [-0.1, -0.05) is 12.1 Å². The lowest BCUT2D eigenvalue weighted by Crippen LogP contribution is -1.96. The molecular weight excluding hydrogens is 214 g/mol. The Morgan fingerprint density at radius 3 is 2.73 bits per heavy atom. The van der Waals surface area contributed by atoms with Crippen molar-refractivity contribution in [3.05, 3.63) is 35.7 Å². The molecule has 80 valence electrons. The van der Waals surface area contributed by atoms with Gasteiger partial charge in [0.05, 0.1) is 17.0 Å². The Morgan fingerprint density at radius 1 is 1.20 bits per heavy atom. The van der Waals surface area contributed by atoms with Crippen LogP contribution in [0.2, 0.25) is 0 Å². The van der Waals surface area contributed by atoms with E-state index in [-0.39, 0.29) is 18.0 Å². The van der Waals surface area contributed by atoms with Crippen molar-refractivity contribution in [1.82, 2.24) is 0 Å². The van der Waals surface area contributed by atoms with E-state index in [1.165, 1.54) is 6.07 Å². The standard InChI is InChI=1S/C12H12F2S/c13-10-7-4-8-11(15-14)12(10)9-5-2-1-3-6-9/h4-5,7-8H,1-3,6H2. The molecule has 0 aromatic heterocycles. The molecule has 15 heavy (non-hydrogen) atoms. The second-order valence-electron chi connectivity index (χ2n) is 3.67. The van der Waals surface area contributed by atoms with Crippen molar-refractivity contribution < 1.29 is 8.28 Å². The fourth-order valence-corrected chi connectivity index (χ4v) is 2.38. The van der Waals surface area contributed by atoms with Gasteiger partial charge in [0, 0.05) is 5.56 Å². The van der Waals surface area contributed by atoms with Crippen LogP contribution >= 0.6 is 12.1 Å². The van der Waals surface area contributed by atoms with Gasteiger partial charge in [-0.25, -0.2) is 4.39 Å². The molecule has 1 aliphatic carbocycles. The number of hydrogen-bond donors (Lipinski definition) is 0. The van der Waals surface area contributed by atoms with Gasteiger partial charge in [0.25, 0.3) is 0 Å². The number of hydrogen-bond acceptors (Lipinski definition) is 1. The quantitative estimate of drug-likeness (QED) is 0.700. The second kappa shape index (κ2) is 4.79. The monoisotopic (exact) mass is 226 g/mol. The molecule has 0 bridgehead atoms. The van der Waals surface area contributed by atoms with Crippen LogP contribution < -0.4 is 0 Å². The fraction of sp³-hybridized carbons (Fsp3) is 0.333. The second-order valence-corrected chi connectivity index (χ2v) is 4.26. The number of benzene rings is 1. The van der Waals surface area contributed by atoms with Crippen molar-refractivity contribution in [1.29, 1.82) is 0 Å². The van der Waals surface area contributed by atoms with Gasteiger partial charge in [-0.15, -0.1) is 0 Å². The van der Waals surface area contributed by atoms with E-state index >= 15 is 0 Å². The minimum Gasteiger partial charge on any atom is -0.206 e. The summed E-state index contributed by atoms with van der Waals surface area (Å²) in [5.74, 6) is -0.314. The van der Waals surface area contributed by atoms with Crippen LogP contribution in [0.3, 0.4) is 0 Å². The van der Waals surface area contributed by atoms with E-state index in [1.54, 1.807) is 12.1 Å². The smallest absolute Gasteiger partial charge is 0.131 e. The minimum atomic E-state index is -0.314. The summed E-state index contributed by atoms with van der Waals surface area (Å²) in [6, 6.07) is 4.56. The summed E-state index contributed by atoms with van der Waals surface area (Å²) in [6.07, 6.45) is 6.07. The normalized spacial score (nSPS) is 16.3. The zero-order valence-electron chi connectivity index (χ0n) is 8.30. The Balaban J connectivity index is 2.45. The highest BCUT2D eigenvalue weighted by molar-refractivity contribution is 7.94. The molecule has 0 saturated heterocycles. The molecule has 0 aliphatic heterocycles. The van der Waals surface area contributed by atoms with Crippen LogP contribution in [0.4, 0.5) is 8.28 Å². The molecule has 0 heterocycles. The molecule has 1 aromatic carbocycles. The molecule has 3 heteroatoms. The Kier molecular flexibility index (Phi) is 3.41. The molecular formula is C12H12F2S. The molecule has 0 saturated carbocycles. The summed E-state index contributed by atoms with van der Waals surface area (Å²) in [7, 11) is 0. The van der Waals surface area contributed by atoms with Gasteiger partial charge in [-0.05, 0) is 43.4 Å². The highest BCUT2D eigenvalue weighted by Crippen LogP contribution is 2.35. The lowest BCUT2D eigenvalue weighted by molar-refractivity contribution is 0.615. The predicted molar refractivity (Wildman–Crippen MR) is 59.8 cm³/mol. The summed E-state index contributed by atoms with van der Waals surface area (Å²) in [5.41, 5.74) is 1.42. The van der Waals surface area contributed by atoms with Crippen molar-refractivity contribution in [3.8, 4) is 0 Å². The van der Waals surface area contributed by atoms with Crippen molar-refractivity contribution >= 4 is 17.7 Å². The molecule has 1 aromatic rings. The zero-order valence-corrected chi connectivity index (χ0v) is 9.12. The van der Waals surface area contributed by atoms with Crippen LogP contribution in [0.25, 0.3) is 5.57 Å². The number of halogens is 2. The summed E-state index contributed by atoms with van der Waals surface area (Å²) < 4.78 is 26.2. The summed E-state index contributed by atoms with van der Waals surface area (Å²) >= 11 is 0.122. The average Bonchev–Trinajstić information content (AvgIpc) is 2.29. The Morgan fingerprint density at radius 2 is 2.07 bits per heavy atom. The van der Waals surface area contributed by atoms with Crippen LogP contribution in [0.1, 0.15) is 31.2 Å². The third kappa shape index (κ3) is 2.23. The molecule has 0 radical (unpaired) electrons. The van der Waals surface area contributed by atoms with Crippen LogP contribution in [0.15, 0.2) is 29.2 Å². The first-order valence-electron chi connectivity index (χ1n) is 5.09. The van der Waals surface area contributed by atoms with Gasteiger partial charge < -0.3 is 0 Å². The molecule has 2 rings (SSSR count). The van der Waals surface area contributed by atoms with E-state index in [0.29, 0.717) is 10.5 Å². The molecule has 0 spiro atoms. The molecule has 0 amide bonds. The number of allylic oxidation sites excluding steroid dienone is 2. The molecule has 0 unspecified atom stereocenters. The Bertz CT molecular complexity index is 385. The highest BCUT2D eigenvalue weighted by Gasteiger charge is 2.15. The maximum atomic E-state index is 13.6. The van der Waals surface area contributed by atoms with E-state index < -0.39 is 0 Å². The molecule has 0 nitrogen and oxygen atoms in total. The van der Waals surface area contributed by atoms with E-state index in [9.17, 15) is 8.28 Å². The molecule has 0 N–H and O–H groups in total. The van der Waals surface area contributed by atoms with E-state index in [2.05, 4.69) is 0 Å². The Labute approximate surface area is 92.7 Å². The third-order valence-electron chi connectivity index (χ3n) is 2.67. The predicted octanol–water partition coefficient (Wildman–Crippen LogP) is 4.76. The topological polar surface area (TPSA) is 0 Å². The first-order chi connectivity index (χ1) is 7.33. The van der Waals surface area contributed by atoms with E-state index in [1.807, 2.05) is 6.08 Å². The SMILES string of the molecule is FSc1cccc(F)c1C1=CCCCC1. The van der Waals surface area contributed by atoms with Gasteiger partial charge in [0.15, 0.2) is 0 Å². The van der Waals surface area contributed by atoms with Crippen LogP contribution in [-0.2, 0) is 0 Å². The molecule has 1 aliphatic rings. The van der Waals surface area contributed by atoms with Crippen molar-refractivity contribution in [3.63, 3.8) is 0 Å². The van der Waals surface area contributed by atoms with Gasteiger partial charge in [0.1, 0.15) is 5.82 Å². The summed E-state index contributed by atoms with van der Waals surface area (Å²) in [6.45, 7) is 0. The zero-order chi connectivity index (χ0) is 10.7. The summed E-state index contributed by atoms with van der Waals surface area (Å²) in [5, 5.41) is 0. The van der Waals surface area contributed by atoms with Crippen LogP contribution in [0, 0.1) is 5.82 Å². The first kappa shape index (κ1) is 10.7. The minimum absolute atomic E-state index is 0.122.